The van der Waals surface area contributed by atoms with E-state index in [9.17, 15) is 0 Å². The lowest BCUT2D eigenvalue weighted by Gasteiger charge is -2.39. The van der Waals surface area contributed by atoms with Gasteiger partial charge in [-0.1, -0.05) is 6.92 Å². The van der Waals surface area contributed by atoms with E-state index in [1.165, 1.54) is 0 Å². The van der Waals surface area contributed by atoms with Crippen molar-refractivity contribution in [2.75, 3.05) is 32.8 Å². The number of furan rings is 1. The zero-order chi connectivity index (χ0) is 12.8. The smallest absolute Gasteiger partial charge is 0.117 e. The first kappa shape index (κ1) is 13.6. The van der Waals surface area contributed by atoms with Crippen molar-refractivity contribution in [2.24, 2.45) is 11.1 Å². The van der Waals surface area contributed by atoms with Crippen LogP contribution in [0.4, 0.5) is 0 Å². The van der Waals surface area contributed by atoms with Gasteiger partial charge < -0.3 is 14.9 Å². The molecule has 2 rings (SSSR count). The molecule has 1 aromatic rings. The van der Waals surface area contributed by atoms with Gasteiger partial charge in [-0.15, -0.1) is 0 Å². The minimum atomic E-state index is 0.223. The highest BCUT2D eigenvalue weighted by Gasteiger charge is 2.32. The van der Waals surface area contributed by atoms with Crippen LogP contribution in [-0.4, -0.2) is 37.7 Å². The van der Waals surface area contributed by atoms with Gasteiger partial charge in [0.25, 0.3) is 0 Å². The van der Waals surface area contributed by atoms with E-state index in [1.54, 1.807) is 6.26 Å². The Bertz CT molecular complexity index is 332. The first-order valence-electron chi connectivity index (χ1n) is 6.80. The van der Waals surface area contributed by atoms with Crippen molar-refractivity contribution in [3.63, 3.8) is 0 Å². The fourth-order valence-corrected chi connectivity index (χ4v) is 2.61. The first-order valence-corrected chi connectivity index (χ1v) is 6.80. The maximum absolute atomic E-state index is 6.01. The van der Waals surface area contributed by atoms with E-state index in [4.69, 9.17) is 14.9 Å². The van der Waals surface area contributed by atoms with E-state index in [0.29, 0.717) is 0 Å². The van der Waals surface area contributed by atoms with E-state index in [0.717, 1.165) is 58.0 Å². The van der Waals surface area contributed by atoms with Crippen LogP contribution in [0, 0.1) is 5.41 Å². The second-order valence-electron chi connectivity index (χ2n) is 5.20. The zero-order valence-corrected chi connectivity index (χ0v) is 11.2. The first-order chi connectivity index (χ1) is 8.78. The van der Waals surface area contributed by atoms with Gasteiger partial charge >= 0.3 is 0 Å². The Balaban J connectivity index is 1.95. The van der Waals surface area contributed by atoms with Crippen molar-refractivity contribution in [3.8, 4) is 0 Å². The van der Waals surface area contributed by atoms with Crippen LogP contribution in [0.25, 0.3) is 0 Å². The van der Waals surface area contributed by atoms with Gasteiger partial charge in [0.2, 0.25) is 0 Å². The average Bonchev–Trinajstić information content (AvgIpc) is 2.92. The molecule has 1 aliphatic heterocycles. The molecule has 0 saturated carbocycles. The summed E-state index contributed by atoms with van der Waals surface area (Å²) in [4.78, 5) is 2.41. The van der Waals surface area contributed by atoms with Crippen molar-refractivity contribution in [2.45, 2.75) is 26.3 Å². The third kappa shape index (κ3) is 3.34. The molecule has 0 amide bonds. The molecule has 2 heterocycles. The molecule has 1 saturated heterocycles. The summed E-state index contributed by atoms with van der Waals surface area (Å²) in [5.74, 6) is 1.02. The number of rotatable bonds is 6. The molecule has 18 heavy (non-hydrogen) atoms. The van der Waals surface area contributed by atoms with E-state index < -0.39 is 0 Å². The predicted octanol–water partition coefficient (Wildman–Crippen LogP) is 1.86. The summed E-state index contributed by atoms with van der Waals surface area (Å²) in [6.07, 6.45) is 3.87. The maximum Gasteiger partial charge on any atom is 0.117 e. The van der Waals surface area contributed by atoms with Gasteiger partial charge in [-0.25, -0.2) is 0 Å². The van der Waals surface area contributed by atoms with Crippen molar-refractivity contribution in [1.82, 2.24) is 4.90 Å². The molecular weight excluding hydrogens is 228 g/mol. The molecule has 0 spiro atoms. The lowest BCUT2D eigenvalue weighted by Crippen LogP contribution is -2.45. The van der Waals surface area contributed by atoms with Crippen LogP contribution in [0.15, 0.2) is 22.8 Å². The number of ether oxygens (including phenoxy) is 1. The number of nitrogens with two attached hydrogens (primary N) is 1. The minimum Gasteiger partial charge on any atom is -0.468 e. The number of hydrogen-bond acceptors (Lipinski definition) is 4. The molecule has 0 aliphatic carbocycles. The maximum atomic E-state index is 6.01. The molecule has 2 N–H and O–H groups in total. The molecule has 0 unspecified atom stereocenters. The third-order valence-corrected chi connectivity index (χ3v) is 3.95. The Labute approximate surface area is 109 Å². The topological polar surface area (TPSA) is 51.6 Å². The normalized spacial score (nSPS) is 19.3. The minimum absolute atomic E-state index is 0.223. The highest BCUT2D eigenvalue weighted by atomic mass is 16.5. The van der Waals surface area contributed by atoms with Crippen molar-refractivity contribution >= 4 is 0 Å². The summed E-state index contributed by atoms with van der Waals surface area (Å²) in [5, 5.41) is 0. The monoisotopic (exact) mass is 252 g/mol. The second-order valence-corrected chi connectivity index (χ2v) is 5.20. The van der Waals surface area contributed by atoms with Crippen LogP contribution in [0.3, 0.4) is 0 Å². The van der Waals surface area contributed by atoms with Crippen molar-refractivity contribution in [3.05, 3.63) is 24.2 Å². The molecule has 0 radical (unpaired) electrons. The van der Waals surface area contributed by atoms with Crippen molar-refractivity contribution in [1.29, 1.82) is 0 Å². The zero-order valence-electron chi connectivity index (χ0n) is 11.2. The fraction of sp³-hybridized carbons (Fsp3) is 0.714. The van der Waals surface area contributed by atoms with Crippen LogP contribution in [0.1, 0.15) is 25.5 Å². The van der Waals surface area contributed by atoms with Crippen LogP contribution in [-0.2, 0) is 11.3 Å². The predicted molar refractivity (Wildman–Crippen MR) is 71.2 cm³/mol. The van der Waals surface area contributed by atoms with Crippen LogP contribution >= 0.6 is 0 Å². The largest absolute Gasteiger partial charge is 0.468 e. The molecular formula is C14H24N2O2. The SMILES string of the molecule is CCN(Cc1ccco1)CC1(CN)CCOCC1. The van der Waals surface area contributed by atoms with Gasteiger partial charge in [0.05, 0.1) is 12.8 Å². The summed E-state index contributed by atoms with van der Waals surface area (Å²) in [6.45, 7) is 7.53. The lowest BCUT2D eigenvalue weighted by atomic mass is 9.79. The molecule has 102 valence electrons. The molecule has 0 bridgehead atoms. The Morgan fingerprint density at radius 2 is 2.17 bits per heavy atom. The number of nitrogens with zero attached hydrogens (tertiary/aromatic N) is 1. The van der Waals surface area contributed by atoms with Crippen LogP contribution in [0.2, 0.25) is 0 Å². The van der Waals surface area contributed by atoms with Gasteiger partial charge in [-0.05, 0) is 43.5 Å². The third-order valence-electron chi connectivity index (χ3n) is 3.95. The second kappa shape index (κ2) is 6.36. The van der Waals surface area contributed by atoms with Crippen LogP contribution < -0.4 is 5.73 Å². The summed E-state index contributed by atoms with van der Waals surface area (Å²) >= 11 is 0. The van der Waals surface area contributed by atoms with Gasteiger partial charge in [-0.3, -0.25) is 4.90 Å². The summed E-state index contributed by atoms with van der Waals surface area (Å²) < 4.78 is 10.9. The van der Waals surface area contributed by atoms with Gasteiger partial charge in [0, 0.05) is 19.8 Å². The highest BCUT2D eigenvalue weighted by Crippen LogP contribution is 2.30. The quantitative estimate of drug-likeness (QED) is 0.839. The standard InChI is InChI=1S/C14H24N2O2/c1-2-16(10-13-4-3-7-18-13)12-14(11-15)5-8-17-9-6-14/h3-4,7H,2,5-6,8-12,15H2,1H3. The van der Waals surface area contributed by atoms with E-state index in [-0.39, 0.29) is 5.41 Å². The summed E-state index contributed by atoms with van der Waals surface area (Å²) in [6, 6.07) is 3.97. The molecule has 4 nitrogen and oxygen atoms in total. The Morgan fingerprint density at radius 1 is 1.39 bits per heavy atom. The molecule has 0 aromatic carbocycles. The van der Waals surface area contributed by atoms with E-state index in [1.807, 2.05) is 12.1 Å². The molecule has 1 aliphatic rings. The van der Waals surface area contributed by atoms with Gasteiger partial charge in [-0.2, -0.15) is 0 Å². The highest BCUT2D eigenvalue weighted by molar-refractivity contribution is 4.98. The average molecular weight is 252 g/mol. The van der Waals surface area contributed by atoms with Gasteiger partial charge in [0.1, 0.15) is 5.76 Å². The fourth-order valence-electron chi connectivity index (χ4n) is 2.61. The Kier molecular flexibility index (Phi) is 4.80. The van der Waals surface area contributed by atoms with E-state index in [2.05, 4.69) is 11.8 Å². The van der Waals surface area contributed by atoms with Crippen molar-refractivity contribution < 1.29 is 9.15 Å². The number of hydrogen-bond donors (Lipinski definition) is 1. The lowest BCUT2D eigenvalue weighted by molar-refractivity contribution is -0.00154. The van der Waals surface area contributed by atoms with Gasteiger partial charge in [0.15, 0.2) is 0 Å². The molecule has 1 aromatic heterocycles. The molecule has 0 atom stereocenters. The Morgan fingerprint density at radius 3 is 2.72 bits per heavy atom. The molecule has 1 fully saturated rings. The summed E-state index contributed by atoms with van der Waals surface area (Å²) in [7, 11) is 0. The van der Waals surface area contributed by atoms with E-state index >= 15 is 0 Å². The summed E-state index contributed by atoms with van der Waals surface area (Å²) in [5.41, 5.74) is 6.23. The Hall–Kier alpha value is -0.840. The van der Waals surface area contributed by atoms with Crippen LogP contribution in [0.5, 0.6) is 0 Å². The molecule has 4 heteroatoms.